The van der Waals surface area contributed by atoms with Crippen LogP contribution in [0.15, 0.2) is 107 Å². The molecular formula is C68H76N8O14. The zero-order chi connectivity index (χ0) is 62.1. The van der Waals surface area contributed by atoms with Crippen molar-refractivity contribution in [1.82, 2.24) is 26.6 Å². The largest absolute Gasteiger partial charge is 0.486 e. The number of nitrogens with two attached hydrogens (primary N) is 2. The number of amides is 1. The van der Waals surface area contributed by atoms with E-state index in [1.54, 1.807) is 12.1 Å². The fourth-order valence-corrected chi connectivity index (χ4v) is 15.4. The van der Waals surface area contributed by atoms with Crippen molar-refractivity contribution >= 4 is 29.4 Å². The Balaban J connectivity index is 1.01. The van der Waals surface area contributed by atoms with Crippen LogP contribution in [0.3, 0.4) is 0 Å². The highest BCUT2D eigenvalue weighted by Crippen LogP contribution is 2.53. The molecule has 14 N–H and O–H groups in total. The predicted octanol–water partition coefficient (Wildman–Crippen LogP) is 1.40. The van der Waals surface area contributed by atoms with E-state index in [9.17, 15) is 35.1 Å². The van der Waals surface area contributed by atoms with Crippen molar-refractivity contribution in [2.75, 3.05) is 44.5 Å². The second-order valence-corrected chi connectivity index (χ2v) is 25.5. The Labute approximate surface area is 520 Å². The molecule has 10 aliphatic rings. The number of nitrogens with one attached hydrogen (secondary N) is 5. The van der Waals surface area contributed by atoms with Crippen molar-refractivity contribution in [3.63, 3.8) is 0 Å². The van der Waals surface area contributed by atoms with E-state index < -0.39 is 109 Å². The first kappa shape index (κ1) is 60.2. The molecule has 7 heterocycles. The molecule has 0 radical (unpaired) electrons. The Morgan fingerprint density at radius 3 is 2.60 bits per heavy atom. The van der Waals surface area contributed by atoms with Gasteiger partial charge in [0.2, 0.25) is 12.2 Å². The molecule has 1 amide bonds. The number of aliphatic hydroxyl groups is 5. The number of aliphatic hydroxyl groups excluding tert-OH is 4. The van der Waals surface area contributed by atoms with Gasteiger partial charge in [-0.25, -0.2) is 0 Å². The highest BCUT2D eigenvalue weighted by Gasteiger charge is 2.58. The number of para-hydroxylation sites is 1. The van der Waals surface area contributed by atoms with Crippen molar-refractivity contribution in [2.24, 2.45) is 29.2 Å². The number of ether oxygens (including phenoxy) is 5. The van der Waals surface area contributed by atoms with Gasteiger partial charge in [-0.3, -0.25) is 30.8 Å². The van der Waals surface area contributed by atoms with Crippen molar-refractivity contribution < 1.29 is 68.4 Å². The van der Waals surface area contributed by atoms with Crippen molar-refractivity contribution in [3.05, 3.63) is 158 Å². The number of benzene rings is 4. The lowest BCUT2D eigenvalue weighted by molar-refractivity contribution is -0.309. The first-order chi connectivity index (χ1) is 43.7. The number of carbonyl (C=O) groups is 4. The van der Waals surface area contributed by atoms with E-state index in [4.69, 9.17) is 35.2 Å². The van der Waals surface area contributed by atoms with Crippen molar-refractivity contribution in [1.29, 1.82) is 0 Å². The number of aldehydes is 1. The van der Waals surface area contributed by atoms with E-state index >= 15 is 9.59 Å². The SMILES string of the molecule is NC1=C2C(=CCN1)[C@H]1CO[C@@H]3[C@H]4Oc5c(cc6c(c5OC[C@H](O)CC=O)C(=O)c5cc(CO)ccc5C6=O)[C@@H](c5ccccc5N5CN[C@@H]6C(=O)N[C@H](N)N[C@@H]65)[C@H]5CC[C@@H](O)[C@H](C#C[C@](O)([C@H](COC5)O4)[C@H]3O)Cc3cccc(c3)CC1=C[C@@H]2NC1CCCC1. The van der Waals surface area contributed by atoms with Crippen LogP contribution in [-0.4, -0.2) is 162 Å². The molecular weight excluding hydrogens is 1150 g/mol. The first-order valence-corrected chi connectivity index (χ1v) is 31.5. The van der Waals surface area contributed by atoms with E-state index in [0.717, 1.165) is 53.5 Å². The summed E-state index contributed by atoms with van der Waals surface area (Å²) in [5.74, 6) is 1.83. The smallest absolute Gasteiger partial charge is 0.242 e. The summed E-state index contributed by atoms with van der Waals surface area (Å²) in [5.41, 5.74) is 17.1. The zero-order valence-corrected chi connectivity index (χ0v) is 49.6. The van der Waals surface area contributed by atoms with E-state index in [0.29, 0.717) is 41.9 Å². The molecule has 14 rings (SSSR count). The van der Waals surface area contributed by atoms with Gasteiger partial charge in [-0.05, 0) is 96.5 Å². The first-order valence-electron chi connectivity index (χ1n) is 31.5. The number of carbonyl (C=O) groups excluding carboxylic acids is 4. The average Bonchev–Trinajstić information content (AvgIpc) is 0.869. The van der Waals surface area contributed by atoms with Crippen LogP contribution in [0.5, 0.6) is 11.5 Å². The summed E-state index contributed by atoms with van der Waals surface area (Å²) >= 11 is 0. The maximum absolute atomic E-state index is 15.6. The van der Waals surface area contributed by atoms with Crippen LogP contribution >= 0.6 is 0 Å². The number of fused-ring (bicyclic) bond motifs is 16. The van der Waals surface area contributed by atoms with Crippen LogP contribution < -0.4 is 52.4 Å². The van der Waals surface area contributed by atoms with Gasteiger partial charge >= 0.3 is 0 Å². The van der Waals surface area contributed by atoms with Gasteiger partial charge in [0.05, 0.1) is 62.8 Å². The minimum Gasteiger partial charge on any atom is -0.486 e. The van der Waals surface area contributed by atoms with Gasteiger partial charge in [0.25, 0.3) is 0 Å². The van der Waals surface area contributed by atoms with Crippen molar-refractivity contribution in [2.45, 2.75) is 143 Å². The summed E-state index contributed by atoms with van der Waals surface area (Å²) in [5, 5.41) is 78.1. The lowest BCUT2D eigenvalue weighted by Gasteiger charge is -2.47. The quantitative estimate of drug-likeness (QED) is 0.0534. The summed E-state index contributed by atoms with van der Waals surface area (Å²) in [6.45, 7) is -0.992. The fraction of sp³-hybridized carbons (Fsp3) is 0.471. The highest BCUT2D eigenvalue weighted by atomic mass is 16.7. The zero-order valence-electron chi connectivity index (χ0n) is 49.6. The summed E-state index contributed by atoms with van der Waals surface area (Å²) in [7, 11) is 0. The third-order valence-corrected chi connectivity index (χ3v) is 20.0. The molecule has 4 fully saturated rings. The Kier molecular flexibility index (Phi) is 16.5. The maximum atomic E-state index is 15.6. The molecule has 0 spiro atoms. The highest BCUT2D eigenvalue weighted by molar-refractivity contribution is 6.29. The molecule has 1 saturated carbocycles. The van der Waals surface area contributed by atoms with Crippen LogP contribution in [0.4, 0.5) is 5.69 Å². The number of hydrogen-bond acceptors (Lipinski definition) is 21. The Morgan fingerprint density at radius 1 is 0.933 bits per heavy atom. The monoisotopic (exact) mass is 1230 g/mol. The second kappa shape index (κ2) is 24.7. The van der Waals surface area contributed by atoms with Gasteiger partial charge in [0.15, 0.2) is 28.7 Å². The molecule has 7 aliphatic heterocycles. The lowest BCUT2D eigenvalue weighted by atomic mass is 9.74. The number of ketones is 2. The van der Waals surface area contributed by atoms with E-state index in [1.807, 2.05) is 41.3 Å². The van der Waals surface area contributed by atoms with Crippen molar-refractivity contribution in [3.8, 4) is 23.3 Å². The molecule has 8 bridgehead atoms. The van der Waals surface area contributed by atoms with Crippen LogP contribution in [-0.2, 0) is 43.2 Å². The standard InChI is InChI=1S/C68H76N8O14/c69-63-54-42(17-20-71-63)48-31-88-61-62(83)68(85)19-16-37(23-34-6-5-7-35(22-34)24-39(48)26-49(54)73-40-8-1-2-9-40)51(80)15-13-38-29-86-32-52(68)89-66(61)90-59-47(53(38)44-10-3-4-11-50(44)76-33-72-56-64(76)74-67(70)75-65(56)84)27-46-55(60(59)87-30-41(79)18-21-77)58(82)45-25-36(28-78)12-14-43(45)57(46)81/h3-7,10-12,14,17,21-22,25-27,37-38,40-41,48-49,51-53,56,61-62,64,66-67,71-74,78-80,83,85H,1-2,8-9,13,15,18,20,23-24,28-33,69-70H2,(H,75,84)/t37-,38+,41-,48+,49+,51-,52+,53-,56+,61+,62+,64-,66-,67-,68+/m1/s1. The third kappa shape index (κ3) is 10.9. The molecule has 3 aliphatic carbocycles. The van der Waals surface area contributed by atoms with Gasteiger partial charge in [0, 0.05) is 64.4 Å². The molecule has 22 heteroatoms. The second-order valence-electron chi connectivity index (χ2n) is 25.5. The molecule has 90 heavy (non-hydrogen) atoms. The van der Waals surface area contributed by atoms with Gasteiger partial charge in [-0.2, -0.15) is 0 Å². The van der Waals surface area contributed by atoms with Gasteiger partial charge < -0.3 is 80.6 Å². The predicted molar refractivity (Wildman–Crippen MR) is 326 cm³/mol. The number of anilines is 1. The van der Waals surface area contributed by atoms with Gasteiger partial charge in [-0.1, -0.05) is 90.9 Å². The Hall–Kier alpha value is -7.34. The number of rotatable bonds is 10. The molecule has 4 aromatic rings. The molecule has 0 unspecified atom stereocenters. The molecule has 4 aromatic carbocycles. The summed E-state index contributed by atoms with van der Waals surface area (Å²) in [4.78, 5) is 58.6. The molecule has 15 atom stereocenters. The Morgan fingerprint density at radius 2 is 1.77 bits per heavy atom. The fourth-order valence-electron chi connectivity index (χ4n) is 15.4. The topological polar surface area (TPSA) is 331 Å². The van der Waals surface area contributed by atoms with Crippen LogP contribution in [0, 0.1) is 29.6 Å². The average molecular weight is 1230 g/mol. The number of hydrogen-bond donors (Lipinski definition) is 12. The minimum absolute atomic E-state index is 0.0331. The molecule has 0 aromatic heterocycles. The summed E-state index contributed by atoms with van der Waals surface area (Å²) in [6, 6.07) is 21.1. The number of nitrogens with zero attached hydrogens (tertiary/aromatic N) is 1. The van der Waals surface area contributed by atoms with Gasteiger partial charge in [-0.15, -0.1) is 0 Å². The van der Waals surface area contributed by atoms with E-state index in [1.165, 1.54) is 12.1 Å². The van der Waals surface area contributed by atoms with E-state index in [2.05, 4.69) is 62.7 Å². The summed E-state index contributed by atoms with van der Waals surface area (Å²) < 4.78 is 35.1. The van der Waals surface area contributed by atoms with Gasteiger partial charge in [0.1, 0.15) is 55.5 Å². The maximum Gasteiger partial charge on any atom is 0.242 e. The van der Waals surface area contributed by atoms with Crippen LogP contribution in [0.25, 0.3) is 0 Å². The van der Waals surface area contributed by atoms with Crippen LogP contribution in [0.2, 0.25) is 0 Å². The Bertz CT molecular complexity index is 3690. The third-order valence-electron chi connectivity index (χ3n) is 20.0. The molecule has 3 saturated heterocycles. The number of dihydropyridines is 1. The minimum atomic E-state index is -2.46. The summed E-state index contributed by atoms with van der Waals surface area (Å²) in [6.07, 6.45) is -1.05. The van der Waals surface area contributed by atoms with E-state index in [-0.39, 0.29) is 109 Å². The molecule has 22 nitrogen and oxygen atoms in total. The normalized spacial score (nSPS) is 32.5. The lowest BCUT2D eigenvalue weighted by Crippen LogP contribution is -2.70. The molecule has 472 valence electrons. The van der Waals surface area contributed by atoms with Crippen LogP contribution in [0.1, 0.15) is 111 Å².